The lowest BCUT2D eigenvalue weighted by molar-refractivity contribution is -0.145. The first-order valence-corrected chi connectivity index (χ1v) is 10.6. The summed E-state index contributed by atoms with van der Waals surface area (Å²) in [5.74, 6) is -0.425. The molecule has 7 nitrogen and oxygen atoms in total. The number of carbonyl (C=O) groups is 3. The summed E-state index contributed by atoms with van der Waals surface area (Å²) in [6, 6.07) is -0.458. The fraction of sp³-hybridized carbons (Fsp3) is 0.850. The first-order valence-electron chi connectivity index (χ1n) is 10.6. The minimum atomic E-state index is -0.836. The molecule has 8 heteroatoms. The van der Waals surface area contributed by atoms with Crippen molar-refractivity contribution < 1.29 is 19.5 Å². The molecule has 2 heterocycles. The SMILES string of the molecule is Cl.O=C(CN1CCCCC1C(=O)O)NC1CCN(C(=O)C2CCCCC2)CC1. The number of aliphatic carboxylic acids is 1. The van der Waals surface area contributed by atoms with Gasteiger partial charge in [-0.2, -0.15) is 0 Å². The Morgan fingerprint density at radius 3 is 2.14 bits per heavy atom. The van der Waals surface area contributed by atoms with Crippen LogP contribution in [0, 0.1) is 5.92 Å². The smallest absolute Gasteiger partial charge is 0.320 e. The lowest BCUT2D eigenvalue weighted by Crippen LogP contribution is -2.52. The number of nitrogens with zero attached hydrogens (tertiary/aromatic N) is 2. The summed E-state index contributed by atoms with van der Waals surface area (Å²) in [7, 11) is 0. The standard InChI is InChI=1S/C20H33N3O4.ClH/c24-18(14-23-11-5-4-8-17(23)20(26)27)21-16-9-12-22(13-10-16)19(25)15-6-2-1-3-7-15;/h15-17H,1-14H2,(H,21,24)(H,26,27);1H. The molecule has 0 aromatic rings. The van der Waals surface area contributed by atoms with Gasteiger partial charge in [0.1, 0.15) is 6.04 Å². The molecule has 0 radical (unpaired) electrons. The number of hydrogen-bond acceptors (Lipinski definition) is 4. The molecule has 0 aromatic heterocycles. The van der Waals surface area contributed by atoms with Crippen LogP contribution in [-0.2, 0) is 14.4 Å². The first-order chi connectivity index (χ1) is 13.0. The number of rotatable bonds is 5. The van der Waals surface area contributed by atoms with Gasteiger partial charge in [-0.05, 0) is 45.1 Å². The van der Waals surface area contributed by atoms with Crippen LogP contribution in [-0.4, -0.2) is 71.0 Å². The lowest BCUT2D eigenvalue weighted by atomic mass is 9.87. The maximum atomic E-state index is 12.6. The zero-order valence-electron chi connectivity index (χ0n) is 16.6. The van der Waals surface area contributed by atoms with Crippen LogP contribution < -0.4 is 5.32 Å². The van der Waals surface area contributed by atoms with Crippen molar-refractivity contribution in [2.45, 2.75) is 76.3 Å². The number of amides is 2. The molecule has 2 saturated heterocycles. The Bertz CT molecular complexity index is 546. The topological polar surface area (TPSA) is 89.9 Å². The molecule has 1 unspecified atom stereocenters. The maximum absolute atomic E-state index is 12.6. The van der Waals surface area contributed by atoms with Gasteiger partial charge in [0.25, 0.3) is 0 Å². The minimum absolute atomic E-state index is 0. The highest BCUT2D eigenvalue weighted by Gasteiger charge is 2.32. The van der Waals surface area contributed by atoms with E-state index in [4.69, 9.17) is 0 Å². The van der Waals surface area contributed by atoms with E-state index >= 15 is 0 Å². The van der Waals surface area contributed by atoms with E-state index in [1.807, 2.05) is 4.90 Å². The van der Waals surface area contributed by atoms with Crippen molar-refractivity contribution in [2.24, 2.45) is 5.92 Å². The molecule has 0 bridgehead atoms. The predicted octanol–water partition coefficient (Wildman–Crippen LogP) is 2.03. The lowest BCUT2D eigenvalue weighted by Gasteiger charge is -2.36. The van der Waals surface area contributed by atoms with E-state index in [-0.39, 0.29) is 36.8 Å². The third-order valence-electron chi connectivity index (χ3n) is 6.37. The molecule has 3 fully saturated rings. The molecule has 0 spiro atoms. The van der Waals surface area contributed by atoms with Crippen molar-refractivity contribution in [3.05, 3.63) is 0 Å². The van der Waals surface area contributed by atoms with Gasteiger partial charge in [-0.25, -0.2) is 0 Å². The van der Waals surface area contributed by atoms with Crippen LogP contribution in [0.15, 0.2) is 0 Å². The number of carboxylic acid groups (broad SMARTS) is 1. The Labute approximate surface area is 173 Å². The fourth-order valence-electron chi connectivity index (χ4n) is 4.77. The predicted molar refractivity (Wildman–Crippen MR) is 108 cm³/mol. The van der Waals surface area contributed by atoms with E-state index < -0.39 is 12.0 Å². The first kappa shape index (κ1) is 22.9. The van der Waals surface area contributed by atoms with Crippen molar-refractivity contribution in [2.75, 3.05) is 26.2 Å². The Hall–Kier alpha value is -1.34. The summed E-state index contributed by atoms with van der Waals surface area (Å²) in [5.41, 5.74) is 0. The van der Waals surface area contributed by atoms with Gasteiger partial charge in [0.2, 0.25) is 11.8 Å². The summed E-state index contributed by atoms with van der Waals surface area (Å²) in [6.07, 6.45) is 9.65. The van der Waals surface area contributed by atoms with Crippen LogP contribution in [0.4, 0.5) is 0 Å². The van der Waals surface area contributed by atoms with Crippen LogP contribution in [0.1, 0.15) is 64.2 Å². The van der Waals surface area contributed by atoms with Gasteiger partial charge in [0, 0.05) is 25.0 Å². The molecule has 1 atom stereocenters. The molecular formula is C20H34ClN3O4. The summed E-state index contributed by atoms with van der Waals surface area (Å²) >= 11 is 0. The molecule has 3 aliphatic rings. The Kier molecular flexibility index (Phi) is 9.02. The Balaban J connectivity index is 0.00000280. The molecule has 1 saturated carbocycles. The summed E-state index contributed by atoms with van der Waals surface area (Å²) in [4.78, 5) is 40.1. The number of nitrogens with one attached hydrogen (secondary N) is 1. The number of hydrogen-bond donors (Lipinski definition) is 2. The van der Waals surface area contributed by atoms with Crippen molar-refractivity contribution in [1.82, 2.24) is 15.1 Å². The molecule has 160 valence electrons. The van der Waals surface area contributed by atoms with E-state index in [9.17, 15) is 19.5 Å². The van der Waals surface area contributed by atoms with E-state index in [2.05, 4.69) is 5.32 Å². The van der Waals surface area contributed by atoms with Crippen LogP contribution in [0.5, 0.6) is 0 Å². The monoisotopic (exact) mass is 415 g/mol. The maximum Gasteiger partial charge on any atom is 0.320 e. The van der Waals surface area contributed by atoms with Gasteiger partial charge in [-0.15, -0.1) is 12.4 Å². The van der Waals surface area contributed by atoms with E-state index in [0.29, 0.717) is 32.0 Å². The van der Waals surface area contributed by atoms with Crippen molar-refractivity contribution in [3.8, 4) is 0 Å². The van der Waals surface area contributed by atoms with Gasteiger partial charge in [0.15, 0.2) is 0 Å². The largest absolute Gasteiger partial charge is 0.480 e. The third-order valence-corrected chi connectivity index (χ3v) is 6.37. The average Bonchev–Trinajstić information content (AvgIpc) is 2.69. The van der Waals surface area contributed by atoms with Gasteiger partial charge in [0.05, 0.1) is 6.54 Å². The molecule has 1 aliphatic carbocycles. The third kappa shape index (κ3) is 6.08. The van der Waals surface area contributed by atoms with Gasteiger partial charge in [-0.3, -0.25) is 19.3 Å². The van der Waals surface area contributed by atoms with Crippen molar-refractivity contribution in [1.29, 1.82) is 0 Å². The van der Waals surface area contributed by atoms with Crippen molar-refractivity contribution >= 4 is 30.2 Å². The van der Waals surface area contributed by atoms with Crippen LogP contribution >= 0.6 is 12.4 Å². The van der Waals surface area contributed by atoms with E-state index in [0.717, 1.165) is 51.4 Å². The highest BCUT2D eigenvalue weighted by molar-refractivity contribution is 5.85. The number of carbonyl (C=O) groups excluding carboxylic acids is 2. The molecule has 0 aromatic carbocycles. The molecular weight excluding hydrogens is 382 g/mol. The highest BCUT2D eigenvalue weighted by atomic mass is 35.5. The molecule has 2 aliphatic heterocycles. The zero-order valence-corrected chi connectivity index (χ0v) is 17.4. The second-order valence-corrected chi connectivity index (χ2v) is 8.32. The second kappa shape index (κ2) is 11.0. The normalized spacial score (nSPS) is 25.0. The molecule has 2 amide bonds. The quantitative estimate of drug-likeness (QED) is 0.717. The van der Waals surface area contributed by atoms with E-state index in [1.165, 1.54) is 6.42 Å². The van der Waals surface area contributed by atoms with Crippen LogP contribution in [0.2, 0.25) is 0 Å². The highest BCUT2D eigenvalue weighted by Crippen LogP contribution is 2.26. The van der Waals surface area contributed by atoms with Gasteiger partial charge < -0.3 is 15.3 Å². The minimum Gasteiger partial charge on any atom is -0.480 e. The molecule has 3 rings (SSSR count). The van der Waals surface area contributed by atoms with Crippen molar-refractivity contribution in [3.63, 3.8) is 0 Å². The Morgan fingerprint density at radius 1 is 0.857 bits per heavy atom. The zero-order chi connectivity index (χ0) is 19.2. The average molecular weight is 416 g/mol. The van der Waals surface area contributed by atoms with Gasteiger partial charge >= 0.3 is 5.97 Å². The number of carboxylic acids is 1. The van der Waals surface area contributed by atoms with E-state index in [1.54, 1.807) is 4.90 Å². The number of piperidine rings is 2. The fourth-order valence-corrected chi connectivity index (χ4v) is 4.77. The summed E-state index contributed by atoms with van der Waals surface area (Å²) < 4.78 is 0. The number of halogens is 1. The van der Waals surface area contributed by atoms with Crippen LogP contribution in [0.25, 0.3) is 0 Å². The summed E-state index contributed by atoms with van der Waals surface area (Å²) in [6.45, 7) is 2.24. The second-order valence-electron chi connectivity index (χ2n) is 8.32. The Morgan fingerprint density at radius 2 is 1.50 bits per heavy atom. The van der Waals surface area contributed by atoms with Gasteiger partial charge in [-0.1, -0.05) is 25.7 Å². The number of likely N-dealkylation sites (tertiary alicyclic amines) is 2. The molecule has 2 N–H and O–H groups in total. The van der Waals surface area contributed by atoms with Crippen LogP contribution in [0.3, 0.4) is 0 Å². The molecule has 28 heavy (non-hydrogen) atoms. The summed E-state index contributed by atoms with van der Waals surface area (Å²) in [5, 5.41) is 12.4.